The number of rotatable bonds is 9. The molecule has 2 saturated carbocycles. The molecule has 1 aromatic heterocycles. The minimum atomic E-state index is -0.674. The molecule has 2 aliphatic carbocycles. The standard InChI is InChI=1S/C19H26FN3O3/c1-11(9-20)26-16-7-15(22-10-14(16)12-3-4-12)18(25)23-19(2,8-17(21)24)13-5-6-13/h7,10-13H,3-6,8-9H2,1-2H3,(H2,21,24)(H,23,25)/t11-,19?/m1/s1. The predicted molar refractivity (Wildman–Crippen MR) is 94.7 cm³/mol. The first-order valence-electron chi connectivity index (χ1n) is 9.15. The number of hydrogen-bond donors (Lipinski definition) is 2. The van der Waals surface area contributed by atoms with Crippen LogP contribution in [0.2, 0.25) is 0 Å². The van der Waals surface area contributed by atoms with E-state index in [-0.39, 0.29) is 23.9 Å². The number of alkyl halides is 1. The summed E-state index contributed by atoms with van der Waals surface area (Å²) in [6.07, 6.45) is 5.16. The van der Waals surface area contributed by atoms with Crippen LogP contribution in [-0.4, -0.2) is 35.1 Å². The molecule has 1 unspecified atom stereocenters. The maximum atomic E-state index is 12.9. The fourth-order valence-corrected chi connectivity index (χ4v) is 3.32. The van der Waals surface area contributed by atoms with Crippen LogP contribution in [0.5, 0.6) is 5.75 Å². The van der Waals surface area contributed by atoms with Crippen LogP contribution in [0.3, 0.4) is 0 Å². The van der Waals surface area contributed by atoms with Crippen LogP contribution >= 0.6 is 0 Å². The zero-order valence-electron chi connectivity index (χ0n) is 15.3. The summed E-state index contributed by atoms with van der Waals surface area (Å²) in [5.41, 5.74) is 5.80. The smallest absolute Gasteiger partial charge is 0.270 e. The van der Waals surface area contributed by atoms with Gasteiger partial charge < -0.3 is 15.8 Å². The van der Waals surface area contributed by atoms with Gasteiger partial charge in [0.2, 0.25) is 5.91 Å². The number of nitrogens with two attached hydrogens (primary N) is 1. The number of primary amides is 1. The van der Waals surface area contributed by atoms with Gasteiger partial charge in [-0.1, -0.05) is 0 Å². The molecule has 0 bridgehead atoms. The van der Waals surface area contributed by atoms with Gasteiger partial charge in [0.1, 0.15) is 24.2 Å². The third-order valence-corrected chi connectivity index (χ3v) is 5.11. The Morgan fingerprint density at radius 2 is 2.12 bits per heavy atom. The molecular weight excluding hydrogens is 337 g/mol. The molecule has 1 heterocycles. The fraction of sp³-hybridized carbons (Fsp3) is 0.632. The Labute approximate surface area is 152 Å². The lowest BCUT2D eigenvalue weighted by Crippen LogP contribution is -2.50. The van der Waals surface area contributed by atoms with Crippen LogP contribution in [0.25, 0.3) is 0 Å². The van der Waals surface area contributed by atoms with Crippen molar-refractivity contribution in [3.8, 4) is 5.75 Å². The van der Waals surface area contributed by atoms with Crippen molar-refractivity contribution < 1.29 is 18.7 Å². The molecule has 2 atom stereocenters. The molecule has 26 heavy (non-hydrogen) atoms. The molecule has 0 radical (unpaired) electrons. The van der Waals surface area contributed by atoms with Crippen molar-refractivity contribution in [2.24, 2.45) is 11.7 Å². The van der Waals surface area contributed by atoms with E-state index >= 15 is 0 Å². The molecule has 0 aromatic carbocycles. The summed E-state index contributed by atoms with van der Waals surface area (Å²) in [7, 11) is 0. The third kappa shape index (κ3) is 4.31. The number of hydrogen-bond acceptors (Lipinski definition) is 4. The number of ether oxygens (including phenoxy) is 1. The highest BCUT2D eigenvalue weighted by Gasteiger charge is 2.44. The molecule has 3 N–H and O–H groups in total. The van der Waals surface area contributed by atoms with E-state index in [4.69, 9.17) is 10.5 Å². The zero-order chi connectivity index (χ0) is 18.9. The Hall–Kier alpha value is -2.18. The first kappa shape index (κ1) is 18.6. The number of nitrogens with zero attached hydrogens (tertiary/aromatic N) is 1. The lowest BCUT2D eigenvalue weighted by Gasteiger charge is -2.29. The van der Waals surface area contributed by atoms with Gasteiger partial charge in [-0.3, -0.25) is 14.6 Å². The lowest BCUT2D eigenvalue weighted by molar-refractivity contribution is -0.119. The third-order valence-electron chi connectivity index (χ3n) is 5.11. The zero-order valence-corrected chi connectivity index (χ0v) is 15.3. The average Bonchev–Trinajstić information content (AvgIpc) is 3.46. The Balaban J connectivity index is 1.80. The Morgan fingerprint density at radius 3 is 2.65 bits per heavy atom. The molecule has 142 valence electrons. The number of aromatic nitrogens is 1. The molecule has 0 spiro atoms. The molecule has 3 rings (SSSR count). The normalized spacial score (nSPS) is 20.1. The Kier molecular flexibility index (Phi) is 5.16. The van der Waals surface area contributed by atoms with Crippen LogP contribution in [0, 0.1) is 5.92 Å². The molecule has 0 aliphatic heterocycles. The summed E-state index contributed by atoms with van der Waals surface area (Å²) >= 11 is 0. The van der Waals surface area contributed by atoms with Crippen molar-refractivity contribution in [3.05, 3.63) is 23.5 Å². The summed E-state index contributed by atoms with van der Waals surface area (Å²) in [6.45, 7) is 2.88. The quantitative estimate of drug-likeness (QED) is 0.705. The van der Waals surface area contributed by atoms with Gasteiger partial charge in [-0.15, -0.1) is 0 Å². The van der Waals surface area contributed by atoms with Crippen molar-refractivity contribution in [1.82, 2.24) is 10.3 Å². The molecule has 7 heteroatoms. The summed E-state index contributed by atoms with van der Waals surface area (Å²) in [5, 5.41) is 2.93. The van der Waals surface area contributed by atoms with Gasteiger partial charge in [-0.25, -0.2) is 4.39 Å². The van der Waals surface area contributed by atoms with E-state index in [1.54, 1.807) is 19.2 Å². The van der Waals surface area contributed by atoms with E-state index in [2.05, 4.69) is 10.3 Å². The summed E-state index contributed by atoms with van der Waals surface area (Å²) in [5.74, 6) is 0.305. The van der Waals surface area contributed by atoms with E-state index in [1.165, 1.54) is 0 Å². The highest BCUT2D eigenvalue weighted by Crippen LogP contribution is 2.44. The first-order valence-corrected chi connectivity index (χ1v) is 9.15. The molecule has 1 aromatic rings. The van der Waals surface area contributed by atoms with E-state index in [1.807, 2.05) is 6.92 Å². The largest absolute Gasteiger partial charge is 0.488 e. The van der Waals surface area contributed by atoms with Crippen LogP contribution in [0.15, 0.2) is 12.3 Å². The van der Waals surface area contributed by atoms with Gasteiger partial charge in [0.25, 0.3) is 5.91 Å². The van der Waals surface area contributed by atoms with Gasteiger partial charge in [0.05, 0.1) is 0 Å². The highest BCUT2D eigenvalue weighted by molar-refractivity contribution is 5.93. The predicted octanol–water partition coefficient (Wildman–Crippen LogP) is 2.47. The molecule has 6 nitrogen and oxygen atoms in total. The minimum absolute atomic E-state index is 0.0891. The molecule has 0 saturated heterocycles. The van der Waals surface area contributed by atoms with Gasteiger partial charge in [0, 0.05) is 29.8 Å². The van der Waals surface area contributed by atoms with Crippen molar-refractivity contribution in [3.63, 3.8) is 0 Å². The van der Waals surface area contributed by atoms with E-state index < -0.39 is 24.2 Å². The van der Waals surface area contributed by atoms with E-state index in [0.717, 1.165) is 31.2 Å². The molecule has 2 aliphatic rings. The van der Waals surface area contributed by atoms with Crippen molar-refractivity contribution in [2.75, 3.05) is 6.67 Å². The molecule has 2 fully saturated rings. The second kappa shape index (κ2) is 7.21. The second-order valence-corrected chi connectivity index (χ2v) is 7.75. The van der Waals surface area contributed by atoms with Crippen LogP contribution in [0.4, 0.5) is 4.39 Å². The van der Waals surface area contributed by atoms with Crippen LogP contribution in [0.1, 0.15) is 67.9 Å². The number of halogens is 1. The maximum absolute atomic E-state index is 12.9. The SMILES string of the molecule is C[C@H](CF)Oc1cc(C(=O)NC(C)(CC(N)=O)C2CC2)ncc1C1CC1. The Bertz CT molecular complexity index is 703. The van der Waals surface area contributed by atoms with E-state index in [9.17, 15) is 14.0 Å². The van der Waals surface area contributed by atoms with Crippen molar-refractivity contribution in [1.29, 1.82) is 0 Å². The van der Waals surface area contributed by atoms with Crippen molar-refractivity contribution >= 4 is 11.8 Å². The Morgan fingerprint density at radius 1 is 1.42 bits per heavy atom. The van der Waals surface area contributed by atoms with Crippen LogP contribution < -0.4 is 15.8 Å². The van der Waals surface area contributed by atoms with Crippen molar-refractivity contribution in [2.45, 2.75) is 63.5 Å². The second-order valence-electron chi connectivity index (χ2n) is 7.75. The number of pyridine rings is 1. The topological polar surface area (TPSA) is 94.3 Å². The number of carbonyl (C=O) groups excluding carboxylic acids is 2. The van der Waals surface area contributed by atoms with Gasteiger partial charge >= 0.3 is 0 Å². The first-order chi connectivity index (χ1) is 12.3. The monoisotopic (exact) mass is 363 g/mol. The highest BCUT2D eigenvalue weighted by atomic mass is 19.1. The van der Waals surface area contributed by atoms with E-state index in [0.29, 0.717) is 11.7 Å². The van der Waals surface area contributed by atoms with Gasteiger partial charge in [-0.05, 0) is 51.4 Å². The number of nitrogens with one attached hydrogen (secondary N) is 1. The van der Waals surface area contributed by atoms with Gasteiger partial charge in [0.15, 0.2) is 0 Å². The minimum Gasteiger partial charge on any atom is -0.488 e. The molecule has 2 amide bonds. The lowest BCUT2D eigenvalue weighted by atomic mass is 9.91. The summed E-state index contributed by atoms with van der Waals surface area (Å²) < 4.78 is 18.5. The number of amides is 2. The van der Waals surface area contributed by atoms with Gasteiger partial charge in [-0.2, -0.15) is 0 Å². The molecular formula is C19H26FN3O3. The average molecular weight is 363 g/mol. The maximum Gasteiger partial charge on any atom is 0.270 e. The summed E-state index contributed by atoms with van der Waals surface area (Å²) in [4.78, 5) is 28.4. The van der Waals surface area contributed by atoms with Crippen LogP contribution in [-0.2, 0) is 4.79 Å². The fourth-order valence-electron chi connectivity index (χ4n) is 3.32. The summed E-state index contributed by atoms with van der Waals surface area (Å²) in [6, 6.07) is 1.58. The number of carbonyl (C=O) groups is 2.